The molecule has 0 aromatic heterocycles. The molecule has 2 heterocycles. The number of hydrogen-bond donors (Lipinski definition) is 1. The first-order chi connectivity index (χ1) is 7.47. The fourth-order valence-corrected chi connectivity index (χ4v) is 2.17. The molecule has 1 amide bonds. The van der Waals surface area contributed by atoms with Gasteiger partial charge in [-0.05, 0) is 0 Å². The van der Waals surface area contributed by atoms with Crippen LogP contribution in [0.15, 0.2) is 0 Å². The number of nitrogens with zero attached hydrogens (tertiary/aromatic N) is 1. The molecule has 2 saturated heterocycles. The van der Waals surface area contributed by atoms with Crippen LogP contribution >= 0.6 is 0 Å². The quantitative estimate of drug-likeness (QED) is 0.706. The zero-order valence-corrected chi connectivity index (χ0v) is 8.59. The standard InChI is InChI=1S/C9H13F3N2O2/c10-9(11,12)3-8(15)14-1-2-16-7-5-13-4-6(7)14/h6-7,13H,1-5H2/t6-,7+/m0/s1. The molecule has 2 atom stereocenters. The Labute approximate surface area is 90.7 Å². The Morgan fingerprint density at radius 1 is 1.44 bits per heavy atom. The predicted molar refractivity (Wildman–Crippen MR) is 48.8 cm³/mol. The van der Waals surface area contributed by atoms with Gasteiger partial charge in [0, 0.05) is 19.6 Å². The van der Waals surface area contributed by atoms with Crippen LogP contribution in [0.4, 0.5) is 13.2 Å². The van der Waals surface area contributed by atoms with Crippen molar-refractivity contribution < 1.29 is 22.7 Å². The van der Waals surface area contributed by atoms with Gasteiger partial charge in [-0.15, -0.1) is 0 Å². The molecule has 2 rings (SSSR count). The van der Waals surface area contributed by atoms with Crippen LogP contribution in [0.2, 0.25) is 0 Å². The molecule has 1 N–H and O–H groups in total. The number of rotatable bonds is 1. The van der Waals surface area contributed by atoms with Crippen LogP contribution in [-0.4, -0.2) is 55.4 Å². The fraction of sp³-hybridized carbons (Fsp3) is 0.889. The minimum atomic E-state index is -4.43. The Balaban J connectivity index is 2.00. The zero-order valence-electron chi connectivity index (χ0n) is 8.59. The van der Waals surface area contributed by atoms with Crippen molar-refractivity contribution in [3.05, 3.63) is 0 Å². The number of carbonyl (C=O) groups is 1. The maximum atomic E-state index is 12.1. The van der Waals surface area contributed by atoms with Crippen LogP contribution < -0.4 is 5.32 Å². The normalized spacial score (nSPS) is 30.3. The zero-order chi connectivity index (χ0) is 11.8. The highest BCUT2D eigenvalue weighted by Crippen LogP contribution is 2.24. The summed E-state index contributed by atoms with van der Waals surface area (Å²) in [4.78, 5) is 12.8. The summed E-state index contributed by atoms with van der Waals surface area (Å²) in [6.07, 6.45) is -5.97. The summed E-state index contributed by atoms with van der Waals surface area (Å²) < 4.78 is 41.7. The van der Waals surface area contributed by atoms with Crippen LogP contribution in [0.25, 0.3) is 0 Å². The van der Waals surface area contributed by atoms with E-state index in [0.717, 1.165) is 0 Å². The Bertz CT molecular complexity index is 282. The van der Waals surface area contributed by atoms with Crippen molar-refractivity contribution in [2.45, 2.75) is 24.7 Å². The van der Waals surface area contributed by atoms with Crippen molar-refractivity contribution in [2.75, 3.05) is 26.2 Å². The van der Waals surface area contributed by atoms with E-state index in [1.54, 1.807) is 0 Å². The van der Waals surface area contributed by atoms with E-state index in [2.05, 4.69) is 5.32 Å². The molecule has 2 aliphatic heterocycles. The van der Waals surface area contributed by atoms with Crippen LogP contribution in [0.5, 0.6) is 0 Å². The molecule has 0 unspecified atom stereocenters. The summed E-state index contributed by atoms with van der Waals surface area (Å²) in [6.45, 7) is 1.67. The molecular formula is C9H13F3N2O2. The molecule has 0 aromatic rings. The second-order valence-electron chi connectivity index (χ2n) is 4.01. The van der Waals surface area contributed by atoms with Crippen molar-refractivity contribution in [1.82, 2.24) is 10.2 Å². The van der Waals surface area contributed by atoms with E-state index in [-0.39, 0.29) is 18.7 Å². The van der Waals surface area contributed by atoms with Gasteiger partial charge in [0.25, 0.3) is 0 Å². The number of nitrogens with one attached hydrogen (secondary N) is 1. The summed E-state index contributed by atoms with van der Waals surface area (Å²) in [5.74, 6) is -0.852. The lowest BCUT2D eigenvalue weighted by Crippen LogP contribution is -2.53. The number of ether oxygens (including phenoxy) is 1. The van der Waals surface area contributed by atoms with Crippen LogP contribution in [0, 0.1) is 0 Å². The summed E-state index contributed by atoms with van der Waals surface area (Å²) >= 11 is 0. The molecule has 0 saturated carbocycles. The van der Waals surface area contributed by atoms with Gasteiger partial charge < -0.3 is 15.0 Å². The first-order valence-electron chi connectivity index (χ1n) is 5.16. The van der Waals surface area contributed by atoms with Crippen LogP contribution in [-0.2, 0) is 9.53 Å². The lowest BCUT2D eigenvalue weighted by Gasteiger charge is -2.37. The number of halogens is 3. The Hall–Kier alpha value is -0.820. The van der Waals surface area contributed by atoms with Crippen LogP contribution in [0.1, 0.15) is 6.42 Å². The smallest absolute Gasteiger partial charge is 0.373 e. The van der Waals surface area contributed by atoms with E-state index >= 15 is 0 Å². The number of hydrogen-bond acceptors (Lipinski definition) is 3. The lowest BCUT2D eigenvalue weighted by atomic mass is 10.1. The molecule has 16 heavy (non-hydrogen) atoms. The number of carbonyl (C=O) groups excluding carboxylic acids is 1. The van der Waals surface area contributed by atoms with Gasteiger partial charge in [0.15, 0.2) is 0 Å². The van der Waals surface area contributed by atoms with Gasteiger partial charge in [-0.25, -0.2) is 0 Å². The Morgan fingerprint density at radius 3 is 2.88 bits per heavy atom. The molecule has 0 bridgehead atoms. The van der Waals surface area contributed by atoms with Crippen molar-refractivity contribution in [3.8, 4) is 0 Å². The first-order valence-corrected chi connectivity index (χ1v) is 5.16. The van der Waals surface area contributed by atoms with E-state index < -0.39 is 18.5 Å². The third-order valence-electron chi connectivity index (χ3n) is 2.86. The van der Waals surface area contributed by atoms with E-state index in [0.29, 0.717) is 19.7 Å². The highest BCUT2D eigenvalue weighted by Gasteiger charge is 2.41. The van der Waals surface area contributed by atoms with Crippen molar-refractivity contribution in [2.24, 2.45) is 0 Å². The van der Waals surface area contributed by atoms with Gasteiger partial charge in [0.1, 0.15) is 6.42 Å². The van der Waals surface area contributed by atoms with Gasteiger partial charge >= 0.3 is 6.18 Å². The van der Waals surface area contributed by atoms with E-state index in [4.69, 9.17) is 4.74 Å². The molecule has 92 valence electrons. The predicted octanol–water partition coefficient (Wildman–Crippen LogP) is 0.138. The SMILES string of the molecule is O=C(CC(F)(F)F)N1CCO[C@@H]2CNC[C@@H]21. The maximum absolute atomic E-state index is 12.1. The molecule has 0 radical (unpaired) electrons. The summed E-state index contributed by atoms with van der Waals surface area (Å²) in [5.41, 5.74) is 0. The maximum Gasteiger partial charge on any atom is 0.397 e. The van der Waals surface area contributed by atoms with Crippen molar-refractivity contribution in [3.63, 3.8) is 0 Å². The van der Waals surface area contributed by atoms with Gasteiger partial charge in [-0.1, -0.05) is 0 Å². The average Bonchev–Trinajstić information content (AvgIpc) is 2.61. The van der Waals surface area contributed by atoms with Gasteiger partial charge in [-0.3, -0.25) is 4.79 Å². The largest absolute Gasteiger partial charge is 0.397 e. The third-order valence-corrected chi connectivity index (χ3v) is 2.86. The van der Waals surface area contributed by atoms with Crippen LogP contribution in [0.3, 0.4) is 0 Å². The van der Waals surface area contributed by atoms with Gasteiger partial charge in [0.05, 0.1) is 18.8 Å². The number of fused-ring (bicyclic) bond motifs is 1. The highest BCUT2D eigenvalue weighted by atomic mass is 19.4. The topological polar surface area (TPSA) is 41.6 Å². The van der Waals surface area contributed by atoms with Crippen molar-refractivity contribution >= 4 is 5.91 Å². The molecule has 7 heteroatoms. The lowest BCUT2D eigenvalue weighted by molar-refractivity contribution is -0.168. The second kappa shape index (κ2) is 4.21. The Morgan fingerprint density at radius 2 is 2.19 bits per heavy atom. The van der Waals surface area contributed by atoms with E-state index in [1.807, 2.05) is 0 Å². The third kappa shape index (κ3) is 2.46. The summed E-state index contributed by atoms with van der Waals surface area (Å²) in [5, 5.41) is 3.01. The second-order valence-corrected chi connectivity index (χ2v) is 4.01. The molecular weight excluding hydrogens is 225 g/mol. The number of alkyl halides is 3. The molecule has 0 aromatic carbocycles. The van der Waals surface area contributed by atoms with Gasteiger partial charge in [-0.2, -0.15) is 13.2 Å². The minimum Gasteiger partial charge on any atom is -0.373 e. The summed E-state index contributed by atoms with van der Waals surface area (Å²) in [7, 11) is 0. The molecule has 2 fully saturated rings. The molecule has 4 nitrogen and oxygen atoms in total. The number of amides is 1. The summed E-state index contributed by atoms with van der Waals surface area (Å²) in [6, 6.07) is -0.247. The minimum absolute atomic E-state index is 0.161. The number of morpholine rings is 1. The molecule has 0 spiro atoms. The average molecular weight is 238 g/mol. The molecule has 2 aliphatic rings. The van der Waals surface area contributed by atoms with E-state index in [9.17, 15) is 18.0 Å². The molecule has 0 aliphatic carbocycles. The highest BCUT2D eigenvalue weighted by molar-refractivity contribution is 5.77. The van der Waals surface area contributed by atoms with Crippen molar-refractivity contribution in [1.29, 1.82) is 0 Å². The van der Waals surface area contributed by atoms with Gasteiger partial charge in [0.2, 0.25) is 5.91 Å². The fourth-order valence-electron chi connectivity index (χ4n) is 2.17. The monoisotopic (exact) mass is 238 g/mol. The first kappa shape index (κ1) is 11.7. The van der Waals surface area contributed by atoms with E-state index in [1.165, 1.54) is 4.90 Å². The Kier molecular flexibility index (Phi) is 3.07.